The van der Waals surface area contributed by atoms with Crippen LogP contribution in [0.25, 0.3) is 0 Å². The van der Waals surface area contributed by atoms with E-state index in [1.165, 1.54) is 6.92 Å². The van der Waals surface area contributed by atoms with Crippen molar-refractivity contribution in [2.24, 2.45) is 11.8 Å². The zero-order valence-corrected chi connectivity index (χ0v) is 25.6. The van der Waals surface area contributed by atoms with Crippen LogP contribution in [0, 0.1) is 11.8 Å². The number of fused-ring (bicyclic) bond motifs is 2. The Hall–Kier alpha value is -2.97. The van der Waals surface area contributed by atoms with E-state index in [9.17, 15) is 9.90 Å². The smallest absolute Gasteiger partial charge is 0.308 e. The monoisotopic (exact) mass is 554 g/mol. The van der Waals surface area contributed by atoms with Gasteiger partial charge < -0.3 is 24.1 Å². The van der Waals surface area contributed by atoms with Crippen LogP contribution in [0.2, 0.25) is 0 Å². The number of hydrogen-bond acceptors (Lipinski definition) is 8. The summed E-state index contributed by atoms with van der Waals surface area (Å²) in [6, 6.07) is 4.02. The minimum atomic E-state index is -0.479. The first-order valence-electron chi connectivity index (χ1n) is 14.4. The summed E-state index contributed by atoms with van der Waals surface area (Å²) in [5.41, 5.74) is 3.98. The molecule has 220 valence electrons. The molecule has 8 heteroatoms. The largest absolute Gasteiger partial charge is 0.504 e. The molecule has 0 aromatic heterocycles. The van der Waals surface area contributed by atoms with Crippen LogP contribution < -0.4 is 18.9 Å². The second kappa shape index (κ2) is 12.3. The summed E-state index contributed by atoms with van der Waals surface area (Å²) >= 11 is 0. The molecule has 2 aliphatic heterocycles. The van der Waals surface area contributed by atoms with Crippen molar-refractivity contribution in [1.29, 1.82) is 0 Å². The molecule has 2 atom stereocenters. The molecule has 2 aromatic carbocycles. The molecular formula is C32H46N2O6. The predicted molar refractivity (Wildman–Crippen MR) is 156 cm³/mol. The Morgan fingerprint density at radius 2 is 1.32 bits per heavy atom. The lowest BCUT2D eigenvalue weighted by atomic mass is 9.86. The Bertz CT molecular complexity index is 1240. The number of benzene rings is 2. The summed E-state index contributed by atoms with van der Waals surface area (Å²) in [5.74, 6) is 2.15. The Labute approximate surface area is 239 Å². The van der Waals surface area contributed by atoms with E-state index < -0.39 is 5.97 Å². The first-order valence-corrected chi connectivity index (χ1v) is 14.4. The molecule has 4 rings (SSSR count). The maximum atomic E-state index is 12.3. The number of carbonyl (C=O) groups excluding carboxylic acids is 1. The van der Waals surface area contributed by atoms with Crippen LogP contribution in [0.1, 0.15) is 81.8 Å². The fourth-order valence-electron chi connectivity index (χ4n) is 6.21. The second-order valence-electron chi connectivity index (χ2n) is 12.1. The summed E-state index contributed by atoms with van der Waals surface area (Å²) < 4.78 is 24.0. The number of hydrogen-bond donors (Lipinski definition) is 1. The van der Waals surface area contributed by atoms with Crippen LogP contribution in [0.4, 0.5) is 0 Å². The molecule has 0 bridgehead atoms. The van der Waals surface area contributed by atoms with E-state index in [0.29, 0.717) is 29.1 Å². The van der Waals surface area contributed by atoms with E-state index in [4.69, 9.17) is 18.9 Å². The molecule has 2 heterocycles. The van der Waals surface area contributed by atoms with Crippen LogP contribution in [0.15, 0.2) is 12.1 Å². The van der Waals surface area contributed by atoms with Crippen LogP contribution in [0.3, 0.4) is 0 Å². The third kappa shape index (κ3) is 5.88. The minimum absolute atomic E-state index is 0.0320. The maximum absolute atomic E-state index is 12.3. The molecule has 1 N–H and O–H groups in total. The fourth-order valence-corrected chi connectivity index (χ4v) is 6.21. The fraction of sp³-hybridized carbons (Fsp3) is 0.594. The van der Waals surface area contributed by atoms with Gasteiger partial charge >= 0.3 is 5.97 Å². The lowest BCUT2D eigenvalue weighted by molar-refractivity contribution is -0.132. The number of aromatic hydroxyl groups is 1. The number of esters is 1. The van der Waals surface area contributed by atoms with Crippen molar-refractivity contribution in [1.82, 2.24) is 9.80 Å². The Kier molecular flexibility index (Phi) is 9.20. The van der Waals surface area contributed by atoms with Gasteiger partial charge in [0.25, 0.3) is 0 Å². The number of nitrogens with zero attached hydrogens (tertiary/aromatic N) is 2. The van der Waals surface area contributed by atoms with E-state index in [1.807, 2.05) is 12.1 Å². The lowest BCUT2D eigenvalue weighted by Crippen LogP contribution is -2.33. The van der Waals surface area contributed by atoms with E-state index in [1.54, 1.807) is 14.2 Å². The topological polar surface area (TPSA) is 80.7 Å². The lowest BCUT2D eigenvalue weighted by Gasteiger charge is -2.38. The molecule has 8 nitrogen and oxygen atoms in total. The predicted octanol–water partition coefficient (Wildman–Crippen LogP) is 6.28. The van der Waals surface area contributed by atoms with Crippen molar-refractivity contribution >= 4 is 5.97 Å². The number of carbonyl (C=O) groups is 1. The van der Waals surface area contributed by atoms with Gasteiger partial charge in [0.05, 0.1) is 14.2 Å². The highest BCUT2D eigenvalue weighted by Gasteiger charge is 2.36. The zero-order valence-electron chi connectivity index (χ0n) is 25.6. The van der Waals surface area contributed by atoms with E-state index in [2.05, 4.69) is 51.6 Å². The van der Waals surface area contributed by atoms with Crippen LogP contribution in [0.5, 0.6) is 34.5 Å². The highest BCUT2D eigenvalue weighted by atomic mass is 16.6. The van der Waals surface area contributed by atoms with Crippen molar-refractivity contribution < 1.29 is 28.8 Å². The quantitative estimate of drug-likeness (QED) is 0.287. The van der Waals surface area contributed by atoms with Crippen molar-refractivity contribution in [2.45, 2.75) is 72.4 Å². The van der Waals surface area contributed by atoms with E-state index in [0.717, 1.165) is 61.0 Å². The number of phenolic OH excluding ortho intramolecular Hbond substituents is 1. The molecule has 0 saturated heterocycles. The van der Waals surface area contributed by atoms with Gasteiger partial charge in [0.2, 0.25) is 11.5 Å². The van der Waals surface area contributed by atoms with Crippen LogP contribution in [-0.2, 0) is 17.6 Å². The van der Waals surface area contributed by atoms with Gasteiger partial charge in [0, 0.05) is 43.2 Å². The summed E-state index contributed by atoms with van der Waals surface area (Å²) in [4.78, 5) is 16.9. The van der Waals surface area contributed by atoms with Crippen LogP contribution in [-0.4, -0.2) is 62.3 Å². The number of likely N-dealkylation sites (N-methyl/N-ethyl adjacent to an activating group) is 2. The maximum Gasteiger partial charge on any atom is 0.308 e. The SMILES string of the molecule is COc1cc2c(c(O)c1Oc1c(OC(C)=O)c(OC)cc3c1[C@H](CC(C)C)N(C)CC3)[C@@H](CC(C)C)N(C)CC2. The first-order chi connectivity index (χ1) is 19.0. The molecule has 0 spiro atoms. The van der Waals surface area contributed by atoms with Gasteiger partial charge in [0.1, 0.15) is 0 Å². The van der Waals surface area contributed by atoms with Gasteiger partial charge in [-0.15, -0.1) is 0 Å². The highest BCUT2D eigenvalue weighted by Crippen LogP contribution is 2.55. The number of phenols is 1. The molecule has 0 aliphatic carbocycles. The molecule has 40 heavy (non-hydrogen) atoms. The molecule has 0 fully saturated rings. The number of methoxy groups -OCH3 is 2. The standard InChI is InChI=1S/C32H46N2O6/c1-18(2)14-23-27-21(10-12-33(23)6)16-25(37-8)30(29(27)36)40-32-28-22(11-13-34(7)24(28)15-19(3)4)17-26(38-9)31(32)39-20(5)35/h16-19,23-24,36H,10-15H2,1-9H3/t23-,24+/m1/s1. The van der Waals surface area contributed by atoms with Crippen molar-refractivity contribution in [3.8, 4) is 34.5 Å². The van der Waals surface area contributed by atoms with Crippen molar-refractivity contribution in [2.75, 3.05) is 41.4 Å². The van der Waals surface area contributed by atoms with Crippen molar-refractivity contribution in [3.05, 3.63) is 34.4 Å². The Balaban J connectivity index is 1.98. The van der Waals surface area contributed by atoms with Gasteiger partial charge in [-0.05, 0) is 74.9 Å². The molecule has 0 radical (unpaired) electrons. The first kappa shape index (κ1) is 30.0. The minimum Gasteiger partial charge on any atom is -0.504 e. The van der Waals surface area contributed by atoms with E-state index >= 15 is 0 Å². The third-order valence-electron chi connectivity index (χ3n) is 8.15. The van der Waals surface area contributed by atoms with Gasteiger partial charge in [0.15, 0.2) is 23.0 Å². The normalized spacial score (nSPS) is 19.4. The van der Waals surface area contributed by atoms with Crippen LogP contribution >= 0.6 is 0 Å². The number of rotatable bonds is 9. The molecule has 2 aliphatic rings. The zero-order chi connectivity index (χ0) is 29.3. The Morgan fingerprint density at radius 3 is 1.80 bits per heavy atom. The number of ether oxygens (including phenoxy) is 4. The summed E-state index contributed by atoms with van der Waals surface area (Å²) in [7, 11) is 7.35. The van der Waals surface area contributed by atoms with Gasteiger partial charge in [-0.1, -0.05) is 27.7 Å². The summed E-state index contributed by atoms with van der Waals surface area (Å²) in [5, 5.41) is 11.9. The Morgan fingerprint density at radius 1 is 0.850 bits per heavy atom. The summed E-state index contributed by atoms with van der Waals surface area (Å²) in [6.07, 6.45) is 3.39. The van der Waals surface area contributed by atoms with E-state index in [-0.39, 0.29) is 29.3 Å². The van der Waals surface area contributed by atoms with Crippen molar-refractivity contribution in [3.63, 3.8) is 0 Å². The average Bonchev–Trinajstić information content (AvgIpc) is 2.88. The van der Waals surface area contributed by atoms with Gasteiger partial charge in [-0.25, -0.2) is 0 Å². The average molecular weight is 555 g/mol. The molecule has 0 amide bonds. The van der Waals surface area contributed by atoms with Gasteiger partial charge in [-0.3, -0.25) is 14.6 Å². The highest BCUT2D eigenvalue weighted by molar-refractivity contribution is 5.74. The second-order valence-corrected chi connectivity index (χ2v) is 12.1. The molecular weight excluding hydrogens is 508 g/mol. The third-order valence-corrected chi connectivity index (χ3v) is 8.15. The molecule has 2 aromatic rings. The molecule has 0 saturated carbocycles. The van der Waals surface area contributed by atoms with Gasteiger partial charge in [-0.2, -0.15) is 0 Å². The molecule has 0 unspecified atom stereocenters. The summed E-state index contributed by atoms with van der Waals surface area (Å²) in [6.45, 7) is 11.9.